The standard InChI is InChI=1S/C17H23N3O2.ClH/c1-10(21)20-14-6-2-11(3-7-14)9-19-17(22)15-12-4-5-13(8-12)16(15)18;/h2-3,6-7,12-13,15-16H,4-5,8-9,18H2,1H3,(H,19,22)(H,20,21);1H. The molecule has 23 heavy (non-hydrogen) atoms. The van der Waals surface area contributed by atoms with E-state index in [0.717, 1.165) is 24.1 Å². The van der Waals surface area contributed by atoms with E-state index in [2.05, 4.69) is 10.6 Å². The zero-order valence-electron chi connectivity index (χ0n) is 13.2. The summed E-state index contributed by atoms with van der Waals surface area (Å²) in [5.41, 5.74) is 7.97. The van der Waals surface area contributed by atoms with Crippen LogP contribution in [0.15, 0.2) is 24.3 Å². The summed E-state index contributed by atoms with van der Waals surface area (Å²) in [7, 11) is 0. The maximum absolute atomic E-state index is 12.4. The third-order valence-electron chi connectivity index (χ3n) is 5.02. The van der Waals surface area contributed by atoms with E-state index >= 15 is 0 Å². The van der Waals surface area contributed by atoms with E-state index in [0.29, 0.717) is 18.4 Å². The largest absolute Gasteiger partial charge is 0.352 e. The van der Waals surface area contributed by atoms with E-state index < -0.39 is 0 Å². The van der Waals surface area contributed by atoms with Crippen LogP contribution in [0.2, 0.25) is 0 Å². The molecule has 2 amide bonds. The van der Waals surface area contributed by atoms with Gasteiger partial charge in [-0.25, -0.2) is 0 Å². The van der Waals surface area contributed by atoms with Crippen LogP contribution in [0.4, 0.5) is 5.69 Å². The third kappa shape index (κ3) is 3.85. The van der Waals surface area contributed by atoms with E-state index in [9.17, 15) is 9.59 Å². The Morgan fingerprint density at radius 1 is 1.17 bits per heavy atom. The highest BCUT2D eigenvalue weighted by Gasteiger charge is 2.48. The molecule has 0 saturated heterocycles. The van der Waals surface area contributed by atoms with Crippen molar-refractivity contribution in [3.63, 3.8) is 0 Å². The Bertz CT molecular complexity index is 574. The minimum absolute atomic E-state index is 0. The summed E-state index contributed by atoms with van der Waals surface area (Å²) in [5, 5.41) is 5.73. The molecule has 0 radical (unpaired) electrons. The van der Waals surface area contributed by atoms with Crippen LogP contribution in [-0.2, 0) is 16.1 Å². The van der Waals surface area contributed by atoms with Crippen LogP contribution in [0, 0.1) is 17.8 Å². The molecule has 1 aromatic carbocycles. The molecule has 126 valence electrons. The van der Waals surface area contributed by atoms with Crippen LogP contribution >= 0.6 is 12.4 Å². The Morgan fingerprint density at radius 2 is 1.83 bits per heavy atom. The lowest BCUT2D eigenvalue weighted by atomic mass is 9.84. The van der Waals surface area contributed by atoms with Crippen molar-refractivity contribution in [2.75, 3.05) is 5.32 Å². The van der Waals surface area contributed by atoms with Crippen molar-refractivity contribution in [3.05, 3.63) is 29.8 Å². The number of carbonyl (C=O) groups is 2. The van der Waals surface area contributed by atoms with Gasteiger partial charge in [0.2, 0.25) is 11.8 Å². The molecule has 0 heterocycles. The minimum atomic E-state index is -0.0914. The number of anilines is 1. The number of nitrogens with two attached hydrogens (primary N) is 1. The SMILES string of the molecule is CC(=O)Nc1ccc(CNC(=O)C2C3CCC(C3)C2N)cc1.Cl. The Balaban J connectivity index is 0.00000192. The van der Waals surface area contributed by atoms with Gasteiger partial charge >= 0.3 is 0 Å². The van der Waals surface area contributed by atoms with Gasteiger partial charge in [-0.05, 0) is 48.8 Å². The summed E-state index contributed by atoms with van der Waals surface area (Å²) >= 11 is 0. The molecule has 2 saturated carbocycles. The molecular formula is C17H24ClN3O2. The smallest absolute Gasteiger partial charge is 0.225 e. The number of rotatable bonds is 4. The molecule has 2 fully saturated rings. The molecule has 2 aliphatic rings. The normalized spacial score (nSPS) is 28.1. The Hall–Kier alpha value is -1.59. The van der Waals surface area contributed by atoms with Crippen molar-refractivity contribution < 1.29 is 9.59 Å². The van der Waals surface area contributed by atoms with Crippen molar-refractivity contribution in [2.24, 2.45) is 23.5 Å². The molecule has 0 aliphatic heterocycles. The maximum Gasteiger partial charge on any atom is 0.225 e. The van der Waals surface area contributed by atoms with Crippen molar-refractivity contribution >= 4 is 29.9 Å². The minimum Gasteiger partial charge on any atom is -0.352 e. The highest BCUT2D eigenvalue weighted by Crippen LogP contribution is 2.47. The fourth-order valence-electron chi connectivity index (χ4n) is 3.94. The lowest BCUT2D eigenvalue weighted by Crippen LogP contribution is -2.45. The Labute approximate surface area is 142 Å². The molecule has 6 heteroatoms. The Kier molecular flexibility index (Phi) is 5.65. The summed E-state index contributed by atoms with van der Waals surface area (Å²) in [4.78, 5) is 23.4. The van der Waals surface area contributed by atoms with Gasteiger partial charge in [0, 0.05) is 25.2 Å². The average Bonchev–Trinajstić information content (AvgIpc) is 3.06. The molecule has 0 spiro atoms. The lowest BCUT2D eigenvalue weighted by Gasteiger charge is -2.27. The summed E-state index contributed by atoms with van der Waals surface area (Å²) in [6, 6.07) is 7.53. The molecule has 0 aromatic heterocycles. The second kappa shape index (κ2) is 7.32. The number of halogens is 1. The monoisotopic (exact) mass is 337 g/mol. The quantitative estimate of drug-likeness (QED) is 0.786. The zero-order valence-corrected chi connectivity index (χ0v) is 14.1. The molecule has 2 bridgehead atoms. The highest BCUT2D eigenvalue weighted by molar-refractivity contribution is 5.88. The molecule has 4 unspecified atom stereocenters. The van der Waals surface area contributed by atoms with Gasteiger partial charge in [-0.3, -0.25) is 9.59 Å². The summed E-state index contributed by atoms with van der Waals surface area (Å²) in [6.45, 7) is 1.98. The first-order chi connectivity index (χ1) is 10.5. The predicted molar refractivity (Wildman–Crippen MR) is 92.1 cm³/mol. The van der Waals surface area contributed by atoms with E-state index in [1.807, 2.05) is 24.3 Å². The number of hydrogen-bond acceptors (Lipinski definition) is 3. The topological polar surface area (TPSA) is 84.2 Å². The molecule has 4 N–H and O–H groups in total. The van der Waals surface area contributed by atoms with Crippen molar-refractivity contribution in [1.82, 2.24) is 5.32 Å². The first-order valence-corrected chi connectivity index (χ1v) is 7.94. The van der Waals surface area contributed by atoms with Crippen LogP contribution < -0.4 is 16.4 Å². The first kappa shape index (κ1) is 17.8. The van der Waals surface area contributed by atoms with Crippen molar-refractivity contribution in [2.45, 2.75) is 38.8 Å². The fourth-order valence-corrected chi connectivity index (χ4v) is 3.94. The number of fused-ring (bicyclic) bond motifs is 2. The Morgan fingerprint density at radius 3 is 2.39 bits per heavy atom. The van der Waals surface area contributed by atoms with Gasteiger partial charge in [-0.2, -0.15) is 0 Å². The lowest BCUT2D eigenvalue weighted by molar-refractivity contribution is -0.127. The van der Waals surface area contributed by atoms with Crippen LogP contribution in [0.3, 0.4) is 0 Å². The van der Waals surface area contributed by atoms with Gasteiger partial charge in [-0.1, -0.05) is 12.1 Å². The average molecular weight is 338 g/mol. The molecule has 3 rings (SSSR count). The molecule has 4 atom stereocenters. The molecule has 5 nitrogen and oxygen atoms in total. The van der Waals surface area contributed by atoms with Gasteiger partial charge in [0.1, 0.15) is 0 Å². The summed E-state index contributed by atoms with van der Waals surface area (Å²) in [5.74, 6) is 0.995. The predicted octanol–water partition coefficient (Wildman–Crippen LogP) is 2.06. The van der Waals surface area contributed by atoms with Crippen molar-refractivity contribution in [1.29, 1.82) is 0 Å². The number of amides is 2. The van der Waals surface area contributed by atoms with E-state index in [4.69, 9.17) is 5.73 Å². The summed E-state index contributed by atoms with van der Waals surface area (Å²) in [6.07, 6.45) is 3.44. The van der Waals surface area contributed by atoms with Crippen LogP contribution in [0.1, 0.15) is 31.7 Å². The van der Waals surface area contributed by atoms with E-state index in [1.165, 1.54) is 13.3 Å². The number of nitrogens with one attached hydrogen (secondary N) is 2. The maximum atomic E-state index is 12.4. The summed E-state index contributed by atoms with van der Waals surface area (Å²) < 4.78 is 0. The highest BCUT2D eigenvalue weighted by atomic mass is 35.5. The van der Waals surface area contributed by atoms with E-state index in [-0.39, 0.29) is 36.2 Å². The van der Waals surface area contributed by atoms with Gasteiger partial charge in [-0.15, -0.1) is 12.4 Å². The third-order valence-corrected chi connectivity index (χ3v) is 5.02. The molecule has 1 aromatic rings. The van der Waals surface area contributed by atoms with Crippen LogP contribution in [0.25, 0.3) is 0 Å². The fraction of sp³-hybridized carbons (Fsp3) is 0.529. The van der Waals surface area contributed by atoms with E-state index in [1.54, 1.807) is 0 Å². The number of carbonyl (C=O) groups excluding carboxylic acids is 2. The van der Waals surface area contributed by atoms with Gasteiger partial charge < -0.3 is 16.4 Å². The molecule has 2 aliphatic carbocycles. The number of benzene rings is 1. The second-order valence-corrected chi connectivity index (χ2v) is 6.53. The van der Waals surface area contributed by atoms with Gasteiger partial charge in [0.25, 0.3) is 0 Å². The number of hydrogen-bond donors (Lipinski definition) is 3. The van der Waals surface area contributed by atoms with Crippen molar-refractivity contribution in [3.8, 4) is 0 Å². The van der Waals surface area contributed by atoms with Crippen LogP contribution in [-0.4, -0.2) is 17.9 Å². The first-order valence-electron chi connectivity index (χ1n) is 7.94. The van der Waals surface area contributed by atoms with Crippen LogP contribution in [0.5, 0.6) is 0 Å². The molecular weight excluding hydrogens is 314 g/mol. The second-order valence-electron chi connectivity index (χ2n) is 6.53. The zero-order chi connectivity index (χ0) is 15.7. The van der Waals surface area contributed by atoms with Gasteiger partial charge in [0.05, 0.1) is 5.92 Å². The van der Waals surface area contributed by atoms with Gasteiger partial charge in [0.15, 0.2) is 0 Å².